The molecule has 1 aliphatic rings. The molecule has 1 amide bonds. The lowest BCUT2D eigenvalue weighted by Gasteiger charge is -2.32. The summed E-state index contributed by atoms with van der Waals surface area (Å²) in [6, 6.07) is 12.1. The van der Waals surface area contributed by atoms with Gasteiger partial charge in [0.1, 0.15) is 5.82 Å². The molecule has 0 bridgehead atoms. The number of methoxy groups -OCH3 is 1. The van der Waals surface area contributed by atoms with Crippen molar-refractivity contribution in [1.82, 2.24) is 25.1 Å². The number of ether oxygens (including phenoxy) is 1. The van der Waals surface area contributed by atoms with Crippen molar-refractivity contribution in [2.24, 2.45) is 5.92 Å². The van der Waals surface area contributed by atoms with Crippen LogP contribution in [0.3, 0.4) is 0 Å². The summed E-state index contributed by atoms with van der Waals surface area (Å²) in [7, 11) is 1.67. The van der Waals surface area contributed by atoms with Crippen molar-refractivity contribution < 1.29 is 9.53 Å². The zero-order valence-electron chi connectivity index (χ0n) is 17.5. The topological polar surface area (TPSA) is 84.6 Å². The van der Waals surface area contributed by atoms with Gasteiger partial charge in [0.25, 0.3) is 0 Å². The van der Waals surface area contributed by atoms with E-state index in [0.29, 0.717) is 13.2 Å². The van der Waals surface area contributed by atoms with Crippen LogP contribution >= 0.6 is 0 Å². The number of anilines is 1. The van der Waals surface area contributed by atoms with Gasteiger partial charge in [0.15, 0.2) is 11.5 Å². The number of carbonyl (C=O) groups is 1. The fourth-order valence-corrected chi connectivity index (χ4v) is 3.86. The molecule has 0 spiro atoms. The number of fused-ring (bicyclic) bond motifs is 1. The first-order valence-electron chi connectivity index (χ1n) is 10.5. The Bertz CT molecular complexity index is 1010. The van der Waals surface area contributed by atoms with Crippen LogP contribution in [0.2, 0.25) is 0 Å². The van der Waals surface area contributed by atoms with Crippen LogP contribution in [-0.4, -0.2) is 59.1 Å². The van der Waals surface area contributed by atoms with Crippen LogP contribution in [0.25, 0.3) is 17.0 Å². The molecule has 8 nitrogen and oxygen atoms in total. The largest absolute Gasteiger partial charge is 0.385 e. The minimum Gasteiger partial charge on any atom is -0.385 e. The summed E-state index contributed by atoms with van der Waals surface area (Å²) < 4.78 is 6.83. The Morgan fingerprint density at radius 2 is 2.03 bits per heavy atom. The van der Waals surface area contributed by atoms with Gasteiger partial charge in [-0.05, 0) is 44.4 Å². The minimum atomic E-state index is 0.0605. The van der Waals surface area contributed by atoms with Crippen molar-refractivity contribution in [3.8, 4) is 11.4 Å². The normalized spacial score (nSPS) is 14.9. The van der Waals surface area contributed by atoms with Crippen molar-refractivity contribution in [3.63, 3.8) is 0 Å². The number of rotatable bonds is 7. The number of piperidine rings is 1. The maximum Gasteiger partial charge on any atom is 0.223 e. The van der Waals surface area contributed by atoms with Gasteiger partial charge in [-0.3, -0.25) is 4.79 Å². The molecule has 0 aliphatic carbocycles. The average molecular weight is 409 g/mol. The molecular formula is C22H28N6O2. The Morgan fingerprint density at radius 1 is 1.20 bits per heavy atom. The molecule has 8 heteroatoms. The van der Waals surface area contributed by atoms with Crippen LogP contribution in [-0.2, 0) is 9.53 Å². The minimum absolute atomic E-state index is 0.0605. The van der Waals surface area contributed by atoms with Crippen molar-refractivity contribution in [1.29, 1.82) is 0 Å². The number of nitrogens with one attached hydrogen (secondary N) is 1. The Labute approximate surface area is 176 Å². The Balaban J connectivity index is 1.43. The van der Waals surface area contributed by atoms with Gasteiger partial charge in [0.05, 0.1) is 0 Å². The molecule has 0 radical (unpaired) electrons. The smallest absolute Gasteiger partial charge is 0.223 e. The van der Waals surface area contributed by atoms with E-state index in [0.717, 1.165) is 55.2 Å². The lowest BCUT2D eigenvalue weighted by atomic mass is 9.96. The third kappa shape index (κ3) is 4.43. The molecule has 4 rings (SSSR count). The SMILES string of the molecule is COCCCNC(=O)C1CCN(c2ccc3nnc(-c4cccc(C)c4)n3n2)CC1. The standard InChI is InChI=1S/C22H28N6O2/c1-16-5-3-6-18(15-16)21-25-24-19-7-8-20(26-28(19)21)27-12-9-17(10-13-27)22(29)23-11-4-14-30-2/h3,5-8,15,17H,4,9-14H2,1-2H3,(H,23,29). The average Bonchev–Trinajstić information content (AvgIpc) is 3.20. The molecular weight excluding hydrogens is 380 g/mol. The van der Waals surface area contributed by atoms with Crippen molar-refractivity contribution >= 4 is 17.4 Å². The van der Waals surface area contributed by atoms with E-state index in [1.54, 1.807) is 11.6 Å². The lowest BCUT2D eigenvalue weighted by Crippen LogP contribution is -2.41. The van der Waals surface area contributed by atoms with Crippen LogP contribution in [0.15, 0.2) is 36.4 Å². The van der Waals surface area contributed by atoms with Crippen LogP contribution in [0.1, 0.15) is 24.8 Å². The number of amides is 1. The van der Waals surface area contributed by atoms with Crippen LogP contribution in [0.5, 0.6) is 0 Å². The van der Waals surface area contributed by atoms with Crippen LogP contribution in [0, 0.1) is 12.8 Å². The van der Waals surface area contributed by atoms with E-state index in [4.69, 9.17) is 9.84 Å². The monoisotopic (exact) mass is 408 g/mol. The molecule has 1 aromatic carbocycles. The summed E-state index contributed by atoms with van der Waals surface area (Å²) >= 11 is 0. The van der Waals surface area contributed by atoms with E-state index in [1.165, 1.54) is 5.56 Å². The number of aryl methyl sites for hydroxylation is 1. The lowest BCUT2D eigenvalue weighted by molar-refractivity contribution is -0.125. The van der Waals surface area contributed by atoms with Gasteiger partial charge in [0, 0.05) is 44.8 Å². The third-order valence-corrected chi connectivity index (χ3v) is 5.54. The molecule has 1 fully saturated rings. The second-order valence-electron chi connectivity index (χ2n) is 7.75. The molecule has 1 N–H and O–H groups in total. The fourth-order valence-electron chi connectivity index (χ4n) is 3.86. The van der Waals surface area contributed by atoms with Crippen molar-refractivity contribution in [2.75, 3.05) is 38.3 Å². The van der Waals surface area contributed by atoms with E-state index >= 15 is 0 Å². The number of carbonyl (C=O) groups excluding carboxylic acids is 1. The molecule has 3 aromatic rings. The zero-order valence-corrected chi connectivity index (χ0v) is 17.5. The van der Waals surface area contributed by atoms with E-state index < -0.39 is 0 Å². The highest BCUT2D eigenvalue weighted by Crippen LogP contribution is 2.24. The predicted molar refractivity (Wildman–Crippen MR) is 115 cm³/mol. The first-order chi connectivity index (χ1) is 14.7. The number of hydrogen-bond donors (Lipinski definition) is 1. The van der Waals surface area contributed by atoms with Crippen LogP contribution in [0.4, 0.5) is 5.82 Å². The molecule has 0 unspecified atom stereocenters. The summed E-state index contributed by atoms with van der Waals surface area (Å²) in [5.74, 6) is 1.83. The summed E-state index contributed by atoms with van der Waals surface area (Å²) in [6.45, 7) is 5.00. The molecule has 0 saturated carbocycles. The van der Waals surface area contributed by atoms with Gasteiger partial charge in [-0.15, -0.1) is 15.3 Å². The fraction of sp³-hybridized carbons (Fsp3) is 0.455. The van der Waals surface area contributed by atoms with Gasteiger partial charge in [-0.1, -0.05) is 23.8 Å². The number of benzene rings is 1. The molecule has 158 valence electrons. The number of aromatic nitrogens is 4. The second kappa shape index (κ2) is 9.21. The summed E-state index contributed by atoms with van der Waals surface area (Å²) in [5.41, 5.74) is 2.89. The van der Waals surface area contributed by atoms with E-state index in [2.05, 4.69) is 39.5 Å². The van der Waals surface area contributed by atoms with Crippen molar-refractivity contribution in [3.05, 3.63) is 42.0 Å². The number of nitrogens with zero attached hydrogens (tertiary/aromatic N) is 5. The summed E-state index contributed by atoms with van der Waals surface area (Å²) in [5, 5.41) is 16.4. The molecule has 3 heterocycles. The third-order valence-electron chi connectivity index (χ3n) is 5.54. The maximum absolute atomic E-state index is 12.4. The Kier molecular flexibility index (Phi) is 6.23. The molecule has 0 atom stereocenters. The number of hydrogen-bond acceptors (Lipinski definition) is 6. The van der Waals surface area contributed by atoms with E-state index in [9.17, 15) is 4.79 Å². The van der Waals surface area contributed by atoms with E-state index in [1.807, 2.05) is 24.3 Å². The highest BCUT2D eigenvalue weighted by Gasteiger charge is 2.25. The summed E-state index contributed by atoms with van der Waals surface area (Å²) in [4.78, 5) is 14.6. The second-order valence-corrected chi connectivity index (χ2v) is 7.75. The van der Waals surface area contributed by atoms with Crippen molar-refractivity contribution in [2.45, 2.75) is 26.2 Å². The highest BCUT2D eigenvalue weighted by molar-refractivity contribution is 5.79. The summed E-state index contributed by atoms with van der Waals surface area (Å²) in [6.07, 6.45) is 2.48. The molecule has 1 aliphatic heterocycles. The van der Waals surface area contributed by atoms with Gasteiger partial charge in [0.2, 0.25) is 5.91 Å². The maximum atomic E-state index is 12.4. The molecule has 1 saturated heterocycles. The first kappa shape index (κ1) is 20.3. The van der Waals surface area contributed by atoms with Gasteiger partial charge in [-0.25, -0.2) is 0 Å². The zero-order chi connectivity index (χ0) is 20.9. The van der Waals surface area contributed by atoms with Gasteiger partial charge < -0.3 is 15.0 Å². The molecule has 2 aromatic heterocycles. The predicted octanol–water partition coefficient (Wildman–Crippen LogP) is 2.47. The highest BCUT2D eigenvalue weighted by atomic mass is 16.5. The van der Waals surface area contributed by atoms with Crippen LogP contribution < -0.4 is 10.2 Å². The van der Waals surface area contributed by atoms with Gasteiger partial charge in [-0.2, -0.15) is 4.52 Å². The molecule has 30 heavy (non-hydrogen) atoms. The quantitative estimate of drug-likeness (QED) is 0.605. The Morgan fingerprint density at radius 3 is 2.80 bits per heavy atom. The Hall–Kier alpha value is -3.00. The van der Waals surface area contributed by atoms with E-state index in [-0.39, 0.29) is 11.8 Å². The first-order valence-corrected chi connectivity index (χ1v) is 10.5. The van der Waals surface area contributed by atoms with Gasteiger partial charge >= 0.3 is 0 Å².